The van der Waals surface area contributed by atoms with Gasteiger partial charge >= 0.3 is 0 Å². The lowest BCUT2D eigenvalue weighted by molar-refractivity contribution is 0.505. The molecule has 2 heterocycles. The predicted octanol–water partition coefficient (Wildman–Crippen LogP) is 5.21. The molecule has 0 atom stereocenters. The number of H-pyrrole nitrogens is 1. The van der Waals surface area contributed by atoms with Gasteiger partial charge < -0.3 is 4.90 Å². The summed E-state index contributed by atoms with van der Waals surface area (Å²) in [5.74, 6) is 0.643. The second-order valence-corrected chi connectivity index (χ2v) is 7.32. The fraction of sp³-hybridized carbons (Fsp3) is 0.409. The van der Waals surface area contributed by atoms with Crippen molar-refractivity contribution in [1.82, 2.24) is 10.2 Å². The number of fused-ring (bicyclic) bond motifs is 1. The molecular weight excluding hydrogens is 306 g/mol. The largest absolute Gasteiger partial charge is 0.371 e. The highest BCUT2D eigenvalue weighted by Gasteiger charge is 2.24. The maximum Gasteiger partial charge on any atom is 0.0653 e. The molecule has 130 valence electrons. The molecule has 0 saturated carbocycles. The zero-order valence-corrected chi connectivity index (χ0v) is 15.3. The van der Waals surface area contributed by atoms with E-state index in [2.05, 4.69) is 65.3 Å². The molecule has 1 fully saturated rings. The molecule has 0 unspecified atom stereocenters. The number of anilines is 1. The molecule has 0 aliphatic carbocycles. The molecule has 3 nitrogen and oxygen atoms in total. The highest BCUT2D eigenvalue weighted by atomic mass is 15.1. The lowest BCUT2D eigenvalue weighted by atomic mass is 9.83. The second kappa shape index (κ2) is 6.91. The number of piperidine rings is 1. The van der Waals surface area contributed by atoms with Crippen molar-refractivity contribution in [2.24, 2.45) is 0 Å². The topological polar surface area (TPSA) is 31.9 Å². The quantitative estimate of drug-likeness (QED) is 0.711. The van der Waals surface area contributed by atoms with Gasteiger partial charge in [-0.2, -0.15) is 5.10 Å². The number of benzene rings is 2. The van der Waals surface area contributed by atoms with Crippen LogP contribution >= 0.6 is 0 Å². The molecule has 2 aromatic carbocycles. The zero-order valence-electron chi connectivity index (χ0n) is 15.3. The molecule has 1 N–H and O–H groups in total. The Morgan fingerprint density at radius 1 is 1.16 bits per heavy atom. The van der Waals surface area contributed by atoms with Crippen LogP contribution in [0, 0.1) is 6.92 Å². The third-order valence-electron chi connectivity index (χ3n) is 5.55. The third-order valence-corrected chi connectivity index (χ3v) is 5.55. The normalized spacial score (nSPS) is 15.8. The van der Waals surface area contributed by atoms with E-state index in [-0.39, 0.29) is 0 Å². The van der Waals surface area contributed by atoms with Crippen molar-refractivity contribution in [2.75, 3.05) is 18.0 Å². The Labute approximate surface area is 150 Å². The predicted molar refractivity (Wildman–Crippen MR) is 105 cm³/mol. The minimum absolute atomic E-state index is 0.643. The lowest BCUT2D eigenvalue weighted by Gasteiger charge is -2.35. The Bertz CT molecular complexity index is 857. The molecular formula is C22H27N3. The van der Waals surface area contributed by atoms with Gasteiger partial charge in [-0.25, -0.2) is 0 Å². The number of aromatic nitrogens is 2. The number of nitrogens with zero attached hydrogens (tertiary/aromatic N) is 2. The summed E-state index contributed by atoms with van der Waals surface area (Å²) in [6, 6.07) is 13.4. The number of hydrogen-bond acceptors (Lipinski definition) is 2. The molecule has 4 rings (SSSR count). The zero-order chi connectivity index (χ0) is 17.2. The highest BCUT2D eigenvalue weighted by Crippen LogP contribution is 2.36. The van der Waals surface area contributed by atoms with Gasteiger partial charge in [0.1, 0.15) is 0 Å². The summed E-state index contributed by atoms with van der Waals surface area (Å²) in [6.07, 6.45) is 6.81. The first-order valence-corrected chi connectivity index (χ1v) is 9.52. The van der Waals surface area contributed by atoms with Gasteiger partial charge in [0.15, 0.2) is 0 Å². The van der Waals surface area contributed by atoms with Gasteiger partial charge in [0, 0.05) is 24.2 Å². The van der Waals surface area contributed by atoms with Crippen molar-refractivity contribution in [3.63, 3.8) is 0 Å². The van der Waals surface area contributed by atoms with Crippen molar-refractivity contribution in [3.05, 3.63) is 59.3 Å². The third kappa shape index (κ3) is 3.15. The molecule has 0 radical (unpaired) electrons. The Morgan fingerprint density at radius 3 is 2.76 bits per heavy atom. The summed E-state index contributed by atoms with van der Waals surface area (Å²) < 4.78 is 0. The summed E-state index contributed by atoms with van der Waals surface area (Å²) in [7, 11) is 0. The van der Waals surface area contributed by atoms with E-state index in [1.54, 1.807) is 5.56 Å². The van der Waals surface area contributed by atoms with Crippen molar-refractivity contribution >= 4 is 16.6 Å². The van der Waals surface area contributed by atoms with E-state index in [0.29, 0.717) is 5.92 Å². The van der Waals surface area contributed by atoms with Gasteiger partial charge in [-0.1, -0.05) is 31.5 Å². The van der Waals surface area contributed by atoms with E-state index in [1.807, 2.05) is 6.20 Å². The molecule has 0 spiro atoms. The van der Waals surface area contributed by atoms with Crippen LogP contribution in [0.2, 0.25) is 0 Å². The molecule has 1 aromatic heterocycles. The average molecular weight is 333 g/mol. The van der Waals surface area contributed by atoms with Crippen molar-refractivity contribution in [2.45, 2.75) is 45.4 Å². The Morgan fingerprint density at radius 2 is 2.00 bits per heavy atom. The summed E-state index contributed by atoms with van der Waals surface area (Å²) >= 11 is 0. The van der Waals surface area contributed by atoms with Gasteiger partial charge in [0.05, 0.1) is 11.7 Å². The average Bonchev–Trinajstić information content (AvgIpc) is 3.11. The monoisotopic (exact) mass is 333 g/mol. The smallest absolute Gasteiger partial charge is 0.0653 e. The summed E-state index contributed by atoms with van der Waals surface area (Å²) in [4.78, 5) is 2.54. The van der Waals surface area contributed by atoms with Crippen LogP contribution in [0.15, 0.2) is 42.6 Å². The van der Waals surface area contributed by atoms with Gasteiger partial charge in [-0.3, -0.25) is 5.10 Å². The van der Waals surface area contributed by atoms with E-state index < -0.39 is 0 Å². The molecule has 1 aliphatic rings. The van der Waals surface area contributed by atoms with Gasteiger partial charge in [0.2, 0.25) is 0 Å². The van der Waals surface area contributed by atoms with Crippen LogP contribution in [-0.2, 0) is 6.42 Å². The summed E-state index contributed by atoms with van der Waals surface area (Å²) in [5.41, 5.74) is 6.96. The van der Waals surface area contributed by atoms with Crippen LogP contribution in [0.1, 0.15) is 48.8 Å². The first-order chi connectivity index (χ1) is 12.3. The van der Waals surface area contributed by atoms with Crippen LogP contribution in [0.3, 0.4) is 0 Å². The van der Waals surface area contributed by atoms with Crippen LogP contribution < -0.4 is 4.90 Å². The fourth-order valence-electron chi connectivity index (χ4n) is 4.30. The number of aryl methyl sites for hydroxylation is 2. The minimum Gasteiger partial charge on any atom is -0.371 e. The van der Waals surface area contributed by atoms with Crippen LogP contribution in [0.5, 0.6) is 0 Å². The standard InChI is InChI=1S/C22H27N3/c1-3-5-17-8-9-21-20(15-23-24-21)22(17)18-10-12-25(13-11-18)19-7-4-6-16(2)14-19/h4,6-9,14-15,18H,3,5,10-13H2,1-2H3,(H,23,24). The van der Waals surface area contributed by atoms with E-state index in [4.69, 9.17) is 0 Å². The van der Waals surface area contributed by atoms with Crippen LogP contribution in [-0.4, -0.2) is 23.3 Å². The molecule has 0 bridgehead atoms. The Kier molecular flexibility index (Phi) is 4.48. The SMILES string of the molecule is CCCc1ccc2[nH]ncc2c1C1CCN(c2cccc(C)c2)CC1. The summed E-state index contributed by atoms with van der Waals surface area (Å²) in [6.45, 7) is 6.71. The number of aromatic amines is 1. The molecule has 3 heteroatoms. The van der Waals surface area contributed by atoms with Gasteiger partial charge in [-0.05, 0) is 67.0 Å². The maximum absolute atomic E-state index is 4.29. The number of rotatable bonds is 4. The van der Waals surface area contributed by atoms with E-state index >= 15 is 0 Å². The number of nitrogens with one attached hydrogen (secondary N) is 1. The lowest BCUT2D eigenvalue weighted by Crippen LogP contribution is -2.33. The molecule has 0 amide bonds. The maximum atomic E-state index is 4.29. The van der Waals surface area contributed by atoms with Crippen molar-refractivity contribution < 1.29 is 0 Å². The van der Waals surface area contributed by atoms with E-state index in [9.17, 15) is 0 Å². The second-order valence-electron chi connectivity index (χ2n) is 7.32. The van der Waals surface area contributed by atoms with Gasteiger partial charge in [-0.15, -0.1) is 0 Å². The van der Waals surface area contributed by atoms with Crippen LogP contribution in [0.4, 0.5) is 5.69 Å². The molecule has 25 heavy (non-hydrogen) atoms. The summed E-state index contributed by atoms with van der Waals surface area (Å²) in [5, 5.41) is 8.78. The minimum atomic E-state index is 0.643. The highest BCUT2D eigenvalue weighted by molar-refractivity contribution is 5.83. The van der Waals surface area contributed by atoms with E-state index in [0.717, 1.165) is 19.5 Å². The van der Waals surface area contributed by atoms with Crippen molar-refractivity contribution in [3.8, 4) is 0 Å². The Balaban J connectivity index is 1.59. The van der Waals surface area contributed by atoms with Crippen LogP contribution in [0.25, 0.3) is 10.9 Å². The Hall–Kier alpha value is -2.29. The van der Waals surface area contributed by atoms with Gasteiger partial charge in [0.25, 0.3) is 0 Å². The van der Waals surface area contributed by atoms with Crippen molar-refractivity contribution in [1.29, 1.82) is 0 Å². The van der Waals surface area contributed by atoms with E-state index in [1.165, 1.54) is 47.0 Å². The molecule has 1 aliphatic heterocycles. The number of hydrogen-bond donors (Lipinski definition) is 1. The molecule has 1 saturated heterocycles. The molecule has 3 aromatic rings. The fourth-order valence-corrected chi connectivity index (χ4v) is 4.30. The first-order valence-electron chi connectivity index (χ1n) is 9.52. The first kappa shape index (κ1) is 16.2.